The van der Waals surface area contributed by atoms with E-state index in [2.05, 4.69) is 99.9 Å². The van der Waals surface area contributed by atoms with Crippen LogP contribution in [0.3, 0.4) is 0 Å². The van der Waals surface area contributed by atoms with E-state index in [0.29, 0.717) is 11.6 Å². The molecule has 2 rings (SSSR count). The summed E-state index contributed by atoms with van der Waals surface area (Å²) < 4.78 is 0. The topological polar surface area (TPSA) is 0 Å². The summed E-state index contributed by atoms with van der Waals surface area (Å²) in [7, 11) is 2.22. The van der Waals surface area contributed by atoms with Crippen LogP contribution in [-0.4, -0.2) is 14.6 Å². The monoisotopic (exact) mass is 310 g/mol. The molecular weight excluding hydrogens is 286 g/mol. The Labute approximate surface area is 148 Å². The SMILES string of the molecule is CC(C)Bc1ccc(C#CC#Cc2ccc(BC(C)C)cc2)cc1. The third kappa shape index (κ3) is 6.44. The molecule has 0 N–H and O–H groups in total. The second-order valence-electron chi connectivity index (χ2n) is 7.09. The fraction of sp³-hybridized carbons (Fsp3) is 0.273. The number of hydrogen-bond acceptors (Lipinski definition) is 0. The molecule has 0 saturated carbocycles. The summed E-state index contributed by atoms with van der Waals surface area (Å²) in [5.41, 5.74) is 4.76. The maximum Gasteiger partial charge on any atom is 0.160 e. The molecule has 0 fully saturated rings. The van der Waals surface area contributed by atoms with E-state index in [1.807, 2.05) is 0 Å². The molecule has 0 aromatic heterocycles. The lowest BCUT2D eigenvalue weighted by Gasteiger charge is -2.02. The van der Waals surface area contributed by atoms with Crippen molar-refractivity contribution in [3.05, 3.63) is 59.7 Å². The lowest BCUT2D eigenvalue weighted by atomic mass is 9.61. The molecule has 0 aliphatic carbocycles. The molecule has 2 aromatic rings. The summed E-state index contributed by atoms with van der Waals surface area (Å²) in [5, 5.41) is 0. The zero-order chi connectivity index (χ0) is 17.4. The molecule has 0 spiro atoms. The first-order valence-corrected chi connectivity index (χ1v) is 8.73. The van der Waals surface area contributed by atoms with E-state index in [1.165, 1.54) is 10.9 Å². The molecule has 2 heteroatoms. The van der Waals surface area contributed by atoms with Crippen LogP contribution in [0.15, 0.2) is 48.5 Å². The van der Waals surface area contributed by atoms with E-state index in [-0.39, 0.29) is 0 Å². The van der Waals surface area contributed by atoms with Crippen molar-refractivity contribution in [2.24, 2.45) is 0 Å². The van der Waals surface area contributed by atoms with Gasteiger partial charge in [-0.2, -0.15) is 0 Å². The van der Waals surface area contributed by atoms with Gasteiger partial charge in [0.1, 0.15) is 0 Å². The second kappa shape index (κ2) is 9.10. The Morgan fingerprint density at radius 1 is 0.583 bits per heavy atom. The minimum atomic E-state index is 0.680. The van der Waals surface area contributed by atoms with E-state index >= 15 is 0 Å². The third-order valence-electron chi connectivity index (χ3n) is 3.67. The normalized spacial score (nSPS) is 9.75. The molecule has 0 heterocycles. The number of hydrogen-bond donors (Lipinski definition) is 0. The van der Waals surface area contributed by atoms with Crippen LogP contribution in [0.5, 0.6) is 0 Å². The van der Waals surface area contributed by atoms with E-state index in [1.54, 1.807) is 0 Å². The van der Waals surface area contributed by atoms with Gasteiger partial charge in [0.2, 0.25) is 0 Å². The summed E-state index contributed by atoms with van der Waals surface area (Å²) in [6.45, 7) is 8.94. The first-order valence-electron chi connectivity index (χ1n) is 8.73. The minimum Gasteiger partial charge on any atom is -0.0842 e. The standard InChI is InChI=1S/C22H24B2/c1-17(2)23-21-13-9-19(10-14-21)7-5-6-8-20-11-15-22(16-12-20)24-18(3)4/h9-18,23-24H,1-4H3. The maximum atomic E-state index is 3.11. The maximum absolute atomic E-state index is 3.11. The van der Waals surface area contributed by atoms with E-state index in [0.717, 1.165) is 25.7 Å². The number of benzene rings is 2. The molecule has 0 unspecified atom stereocenters. The Balaban J connectivity index is 1.97. The molecule has 0 aliphatic heterocycles. The Kier molecular flexibility index (Phi) is 6.84. The molecule has 24 heavy (non-hydrogen) atoms. The van der Waals surface area contributed by atoms with Gasteiger partial charge in [-0.3, -0.25) is 0 Å². The fourth-order valence-electron chi connectivity index (χ4n) is 2.60. The van der Waals surface area contributed by atoms with Crippen molar-refractivity contribution in [2.75, 3.05) is 0 Å². The van der Waals surface area contributed by atoms with Crippen molar-refractivity contribution >= 4 is 25.5 Å². The van der Waals surface area contributed by atoms with Gasteiger partial charge in [0.25, 0.3) is 0 Å². The zero-order valence-corrected chi connectivity index (χ0v) is 15.2. The van der Waals surface area contributed by atoms with Crippen LogP contribution < -0.4 is 10.9 Å². The molecule has 0 radical (unpaired) electrons. The molecule has 0 nitrogen and oxygen atoms in total. The van der Waals surface area contributed by atoms with Crippen LogP contribution in [0.4, 0.5) is 0 Å². The predicted molar refractivity (Wildman–Crippen MR) is 110 cm³/mol. The van der Waals surface area contributed by atoms with Crippen LogP contribution >= 0.6 is 0 Å². The second-order valence-corrected chi connectivity index (χ2v) is 7.09. The van der Waals surface area contributed by atoms with Crippen LogP contribution in [0, 0.1) is 23.7 Å². The van der Waals surface area contributed by atoms with Gasteiger partial charge in [-0.1, -0.05) is 86.4 Å². The lowest BCUT2D eigenvalue weighted by molar-refractivity contribution is 1.07. The van der Waals surface area contributed by atoms with Crippen molar-refractivity contribution in [2.45, 2.75) is 39.3 Å². The average Bonchev–Trinajstić information content (AvgIpc) is 2.53. The Hall–Kier alpha value is -2.31. The minimum absolute atomic E-state index is 0.680. The highest BCUT2D eigenvalue weighted by Crippen LogP contribution is 2.00. The largest absolute Gasteiger partial charge is 0.160 e. The van der Waals surface area contributed by atoms with E-state index < -0.39 is 0 Å². The Bertz CT molecular complexity index is 692. The molecule has 0 bridgehead atoms. The fourth-order valence-corrected chi connectivity index (χ4v) is 2.60. The van der Waals surface area contributed by atoms with Gasteiger partial charge < -0.3 is 0 Å². The van der Waals surface area contributed by atoms with E-state index in [9.17, 15) is 0 Å². The van der Waals surface area contributed by atoms with Gasteiger partial charge in [-0.15, -0.1) is 0 Å². The van der Waals surface area contributed by atoms with Gasteiger partial charge >= 0.3 is 0 Å². The zero-order valence-electron chi connectivity index (χ0n) is 15.2. The van der Waals surface area contributed by atoms with E-state index in [4.69, 9.17) is 0 Å². The number of rotatable bonds is 4. The molecule has 0 atom stereocenters. The Morgan fingerprint density at radius 2 is 0.917 bits per heavy atom. The molecule has 2 aromatic carbocycles. The summed E-state index contributed by atoms with van der Waals surface area (Å²) in [6, 6.07) is 16.9. The first kappa shape index (κ1) is 18.0. The molecule has 0 saturated heterocycles. The highest BCUT2D eigenvalue weighted by Gasteiger charge is 2.00. The van der Waals surface area contributed by atoms with Gasteiger partial charge in [-0.25, -0.2) is 0 Å². The van der Waals surface area contributed by atoms with Crippen LogP contribution in [-0.2, 0) is 0 Å². The van der Waals surface area contributed by atoms with Gasteiger partial charge in [0.15, 0.2) is 14.6 Å². The smallest absolute Gasteiger partial charge is 0.0842 e. The molecule has 0 aliphatic rings. The van der Waals surface area contributed by atoms with Crippen molar-refractivity contribution in [1.82, 2.24) is 0 Å². The van der Waals surface area contributed by atoms with Gasteiger partial charge in [0, 0.05) is 11.1 Å². The average molecular weight is 310 g/mol. The lowest BCUT2D eigenvalue weighted by Crippen LogP contribution is -2.15. The van der Waals surface area contributed by atoms with Crippen molar-refractivity contribution < 1.29 is 0 Å². The van der Waals surface area contributed by atoms with Crippen LogP contribution in [0.1, 0.15) is 38.8 Å². The molecule has 0 amide bonds. The summed E-state index contributed by atoms with van der Waals surface area (Å²) in [6.07, 6.45) is 0. The summed E-state index contributed by atoms with van der Waals surface area (Å²) >= 11 is 0. The highest BCUT2D eigenvalue weighted by molar-refractivity contribution is 6.55. The molecular formula is C22H24B2. The molecule has 118 valence electrons. The third-order valence-corrected chi connectivity index (χ3v) is 3.67. The van der Waals surface area contributed by atoms with Crippen LogP contribution in [0.25, 0.3) is 0 Å². The van der Waals surface area contributed by atoms with Gasteiger partial charge in [0.05, 0.1) is 0 Å². The first-order chi connectivity index (χ1) is 11.5. The van der Waals surface area contributed by atoms with Crippen molar-refractivity contribution in [3.63, 3.8) is 0 Å². The summed E-state index contributed by atoms with van der Waals surface area (Å²) in [5.74, 6) is 13.5. The predicted octanol–water partition coefficient (Wildman–Crippen LogP) is 2.87. The quantitative estimate of drug-likeness (QED) is 0.602. The summed E-state index contributed by atoms with van der Waals surface area (Å²) in [4.78, 5) is 0. The van der Waals surface area contributed by atoms with Gasteiger partial charge in [-0.05, 0) is 36.1 Å². The Morgan fingerprint density at radius 3 is 1.21 bits per heavy atom. The highest BCUT2D eigenvalue weighted by atomic mass is 13.9. The van der Waals surface area contributed by atoms with Crippen molar-refractivity contribution in [1.29, 1.82) is 0 Å². The van der Waals surface area contributed by atoms with Crippen LogP contribution in [0.2, 0.25) is 11.6 Å². The van der Waals surface area contributed by atoms with Crippen molar-refractivity contribution in [3.8, 4) is 23.7 Å².